The molecule has 288 valence electrons. The summed E-state index contributed by atoms with van der Waals surface area (Å²) in [5, 5.41) is 24.0. The summed E-state index contributed by atoms with van der Waals surface area (Å²) in [7, 11) is 0. The Kier molecular flexibility index (Phi) is 10.4. The number of fused-ring (bicyclic) bond motifs is 8. The maximum absolute atomic E-state index is 14.4. The highest BCUT2D eigenvalue weighted by molar-refractivity contribution is 6.10. The normalized spacial score (nSPS) is 34.0. The Labute approximate surface area is 312 Å². The zero-order valence-corrected chi connectivity index (χ0v) is 31.5. The van der Waals surface area contributed by atoms with Crippen molar-refractivity contribution in [2.75, 3.05) is 19.7 Å². The molecule has 0 aliphatic heterocycles. The van der Waals surface area contributed by atoms with E-state index in [9.17, 15) is 33.0 Å². The summed E-state index contributed by atoms with van der Waals surface area (Å²) in [6.07, 6.45) is 7.40. The average molecular weight is 736 g/mol. The van der Waals surface area contributed by atoms with E-state index in [4.69, 9.17) is 4.74 Å². The maximum atomic E-state index is 14.4. The number of nitrogens with zero attached hydrogens (tertiary/aromatic N) is 1. The number of alkyl halides is 3. The molecule has 0 aromatic heterocycles. The Morgan fingerprint density at radius 3 is 2.32 bits per heavy atom. The molecular formula is C44H56F3NO5. The molecule has 0 radical (unpaired) electrons. The van der Waals surface area contributed by atoms with Gasteiger partial charge in [-0.3, -0.25) is 4.79 Å². The van der Waals surface area contributed by atoms with Gasteiger partial charge in [0.2, 0.25) is 0 Å². The first-order valence-corrected chi connectivity index (χ1v) is 19.9. The molecule has 0 saturated heterocycles. The van der Waals surface area contributed by atoms with Crippen LogP contribution in [-0.2, 0) is 17.3 Å². The summed E-state index contributed by atoms with van der Waals surface area (Å²) in [6, 6.07) is 10.1. The zero-order valence-electron chi connectivity index (χ0n) is 31.5. The van der Waals surface area contributed by atoms with Crippen molar-refractivity contribution in [1.29, 1.82) is 0 Å². The van der Waals surface area contributed by atoms with Gasteiger partial charge in [-0.05, 0) is 156 Å². The van der Waals surface area contributed by atoms with Gasteiger partial charge in [-0.1, -0.05) is 42.8 Å². The molecule has 2 N–H and O–H groups in total. The van der Waals surface area contributed by atoms with Crippen LogP contribution in [0.4, 0.5) is 18.0 Å². The van der Waals surface area contributed by atoms with Crippen molar-refractivity contribution in [2.45, 2.75) is 128 Å². The molecule has 9 rings (SSSR count). The first-order chi connectivity index (χ1) is 25.1. The van der Waals surface area contributed by atoms with E-state index in [0.717, 1.165) is 42.5 Å². The molecule has 9 heteroatoms. The molecular weight excluding hydrogens is 679 g/mol. The quantitative estimate of drug-likeness (QED) is 0.219. The molecule has 0 unspecified atom stereocenters. The number of aliphatic hydroxyl groups is 2. The number of halogens is 3. The summed E-state index contributed by atoms with van der Waals surface area (Å²) in [5.74, 6) is 1.27. The molecule has 7 aliphatic carbocycles. The lowest BCUT2D eigenvalue weighted by atomic mass is 9.49. The largest absolute Gasteiger partial charge is 0.450 e. The fourth-order valence-corrected chi connectivity index (χ4v) is 11.8. The van der Waals surface area contributed by atoms with E-state index in [1.165, 1.54) is 31.4 Å². The fraction of sp³-hybridized carbons (Fsp3) is 0.636. The second-order valence-electron chi connectivity index (χ2n) is 17.8. The second-order valence-corrected chi connectivity index (χ2v) is 17.8. The standard InChI is InChI=1S/C44H56F3NO5/c1-4-53-40(51)48(26-42-23-30-17-31(24-42)19-32(18-30)25-42)27-43(52)16-14-38-36-13-11-29(20-35(49)12-10-28(2)7-6-15-41(38,43)3)21-37(36)39(50)33-8-5-9-34(22-33)44(45,46)47/h5,7-9,11,13,21-22,30-32,35,38,49,52H,4,6,10,12,14-20,23-27H2,1-3H3/t30?,31?,32?,35-,38-,41-,42?,43+/m0/s1. The van der Waals surface area contributed by atoms with Gasteiger partial charge in [-0.25, -0.2) is 4.79 Å². The van der Waals surface area contributed by atoms with Gasteiger partial charge in [0, 0.05) is 23.1 Å². The van der Waals surface area contributed by atoms with E-state index in [-0.39, 0.29) is 30.0 Å². The lowest BCUT2D eigenvalue weighted by molar-refractivity contribution is -0.137. The third-order valence-electron chi connectivity index (χ3n) is 14.0. The summed E-state index contributed by atoms with van der Waals surface area (Å²) >= 11 is 0. The van der Waals surface area contributed by atoms with E-state index in [1.54, 1.807) is 17.9 Å². The number of benzene rings is 2. The van der Waals surface area contributed by atoms with Gasteiger partial charge >= 0.3 is 12.3 Å². The number of hydrogen-bond acceptors (Lipinski definition) is 5. The monoisotopic (exact) mass is 735 g/mol. The Balaban J connectivity index is 1.28. The summed E-state index contributed by atoms with van der Waals surface area (Å²) in [4.78, 5) is 30.0. The van der Waals surface area contributed by atoms with Crippen molar-refractivity contribution >= 4 is 11.9 Å². The van der Waals surface area contributed by atoms with Crippen LogP contribution in [0.5, 0.6) is 0 Å². The molecule has 0 spiro atoms. The van der Waals surface area contributed by atoms with Crippen molar-refractivity contribution in [1.82, 2.24) is 4.90 Å². The van der Waals surface area contributed by atoms with Crippen LogP contribution in [0.3, 0.4) is 0 Å². The van der Waals surface area contributed by atoms with Crippen LogP contribution < -0.4 is 0 Å². The van der Waals surface area contributed by atoms with Crippen LogP contribution in [0.1, 0.15) is 136 Å². The van der Waals surface area contributed by atoms with E-state index >= 15 is 0 Å². The Morgan fingerprint density at radius 1 is 0.962 bits per heavy atom. The molecule has 0 heterocycles. The Hall–Kier alpha value is -3.17. The highest BCUT2D eigenvalue weighted by Gasteiger charge is 2.59. The number of ketones is 1. The molecule has 6 bridgehead atoms. The van der Waals surface area contributed by atoms with Crippen LogP contribution in [0.25, 0.3) is 0 Å². The molecule has 7 aliphatic rings. The van der Waals surface area contributed by atoms with Crippen molar-refractivity contribution in [3.05, 3.63) is 81.9 Å². The van der Waals surface area contributed by atoms with Crippen LogP contribution in [0.15, 0.2) is 54.1 Å². The van der Waals surface area contributed by atoms with Crippen LogP contribution in [0, 0.1) is 28.6 Å². The number of rotatable bonds is 7. The highest BCUT2D eigenvalue weighted by Crippen LogP contribution is 2.62. The van der Waals surface area contributed by atoms with Gasteiger partial charge in [0.1, 0.15) is 0 Å². The van der Waals surface area contributed by atoms with Gasteiger partial charge in [0.25, 0.3) is 0 Å². The molecule has 2 aromatic carbocycles. The van der Waals surface area contributed by atoms with Crippen molar-refractivity contribution in [2.24, 2.45) is 28.6 Å². The number of carbonyl (C=O) groups excluding carboxylic acids is 2. The molecule has 53 heavy (non-hydrogen) atoms. The second kappa shape index (κ2) is 14.5. The van der Waals surface area contributed by atoms with Crippen LogP contribution >= 0.6 is 0 Å². The van der Waals surface area contributed by atoms with E-state index in [1.807, 2.05) is 12.1 Å². The van der Waals surface area contributed by atoms with Gasteiger partial charge in [0.15, 0.2) is 5.78 Å². The summed E-state index contributed by atoms with van der Waals surface area (Å²) < 4.78 is 47.0. The Morgan fingerprint density at radius 2 is 1.66 bits per heavy atom. The van der Waals surface area contributed by atoms with Gasteiger partial charge in [0.05, 0.1) is 30.4 Å². The fourth-order valence-electron chi connectivity index (χ4n) is 11.8. The van der Waals surface area contributed by atoms with Crippen LogP contribution in [0.2, 0.25) is 0 Å². The molecule has 1 amide bonds. The third-order valence-corrected chi connectivity index (χ3v) is 14.0. The number of allylic oxidation sites excluding steroid dienone is 2. The van der Waals surface area contributed by atoms with Gasteiger partial charge in [-0.2, -0.15) is 13.2 Å². The maximum Gasteiger partial charge on any atom is 0.416 e. The number of amides is 1. The predicted molar refractivity (Wildman–Crippen MR) is 197 cm³/mol. The number of hydrogen-bond donors (Lipinski definition) is 2. The highest BCUT2D eigenvalue weighted by atomic mass is 19.4. The smallest absolute Gasteiger partial charge is 0.416 e. The summed E-state index contributed by atoms with van der Waals surface area (Å²) in [5.41, 5.74) is -0.163. The minimum atomic E-state index is -4.61. The average Bonchev–Trinajstić information content (AvgIpc) is 3.34. The van der Waals surface area contributed by atoms with E-state index < -0.39 is 40.7 Å². The predicted octanol–water partition coefficient (Wildman–Crippen LogP) is 9.65. The summed E-state index contributed by atoms with van der Waals surface area (Å²) in [6.45, 7) is 6.86. The Bertz CT molecular complexity index is 1700. The minimum Gasteiger partial charge on any atom is -0.450 e. The number of ether oxygens (including phenoxy) is 1. The minimum absolute atomic E-state index is 0.0326. The lowest BCUT2D eigenvalue weighted by Gasteiger charge is -2.58. The first-order valence-electron chi connectivity index (χ1n) is 19.9. The molecule has 6 nitrogen and oxygen atoms in total. The number of carbonyl (C=O) groups is 2. The van der Waals surface area contributed by atoms with Crippen molar-refractivity contribution in [3.8, 4) is 0 Å². The molecule has 5 fully saturated rings. The molecule has 2 aromatic rings. The molecule has 5 saturated carbocycles. The van der Waals surface area contributed by atoms with Crippen molar-refractivity contribution in [3.63, 3.8) is 0 Å². The first kappa shape index (κ1) is 38.1. The van der Waals surface area contributed by atoms with Crippen molar-refractivity contribution < 1.29 is 37.7 Å². The zero-order chi connectivity index (χ0) is 37.8. The van der Waals surface area contributed by atoms with Gasteiger partial charge < -0.3 is 19.8 Å². The van der Waals surface area contributed by atoms with Crippen LogP contribution in [-0.4, -0.2) is 58.4 Å². The van der Waals surface area contributed by atoms with E-state index in [2.05, 4.69) is 19.9 Å². The molecule has 4 atom stereocenters. The topological polar surface area (TPSA) is 87.1 Å². The SMILES string of the molecule is CCOC(=O)N(CC12CC3CC(CC(C3)C1)C2)C[C@]1(O)CC[C@H]2c3ccc(cc3C(=O)c3cccc(C(F)(F)F)c3)C[C@@H](O)CCC(C)=CCC[C@@]21C. The third kappa shape index (κ3) is 7.58. The van der Waals surface area contributed by atoms with Gasteiger partial charge in [-0.15, -0.1) is 0 Å². The lowest BCUT2D eigenvalue weighted by Crippen LogP contribution is -2.58. The number of aliphatic hydroxyl groups excluding tert-OH is 1. The van der Waals surface area contributed by atoms with E-state index in [0.29, 0.717) is 80.4 Å².